The SMILES string of the molecule is C[C@@H]1CCC[C@H](C[C@H](O)c2cccc3ccncc23)N1C(=O)OC(C)(C)C. The molecule has 0 bridgehead atoms. The van der Waals surface area contributed by atoms with Crippen molar-refractivity contribution in [2.24, 2.45) is 0 Å². The lowest BCUT2D eigenvalue weighted by atomic mass is 9.90. The molecule has 1 amide bonds. The fourth-order valence-corrected chi connectivity index (χ4v) is 3.97. The Morgan fingerprint density at radius 1 is 1.33 bits per heavy atom. The third-order valence-electron chi connectivity index (χ3n) is 5.20. The predicted molar refractivity (Wildman–Crippen MR) is 106 cm³/mol. The van der Waals surface area contributed by atoms with E-state index in [2.05, 4.69) is 11.9 Å². The number of aromatic nitrogens is 1. The molecule has 0 saturated carbocycles. The quantitative estimate of drug-likeness (QED) is 0.840. The molecular formula is C22H30N2O3. The van der Waals surface area contributed by atoms with Crippen LogP contribution in [0.5, 0.6) is 0 Å². The molecule has 1 aromatic heterocycles. The van der Waals surface area contributed by atoms with Crippen LogP contribution in [0.1, 0.15) is 65.0 Å². The lowest BCUT2D eigenvalue weighted by Crippen LogP contribution is -2.51. The van der Waals surface area contributed by atoms with Gasteiger partial charge in [0.1, 0.15) is 5.60 Å². The molecule has 0 aliphatic carbocycles. The topological polar surface area (TPSA) is 62.7 Å². The summed E-state index contributed by atoms with van der Waals surface area (Å²) in [7, 11) is 0. The molecule has 1 saturated heterocycles. The number of carbonyl (C=O) groups is 1. The number of aliphatic hydroxyl groups is 1. The third-order valence-corrected chi connectivity index (χ3v) is 5.20. The molecule has 1 aliphatic rings. The summed E-state index contributed by atoms with van der Waals surface area (Å²) in [5.74, 6) is 0. The Hall–Kier alpha value is -2.14. The molecule has 1 fully saturated rings. The molecule has 2 heterocycles. The number of hydrogen-bond acceptors (Lipinski definition) is 4. The molecule has 1 N–H and O–H groups in total. The van der Waals surface area contributed by atoms with Gasteiger partial charge in [0.05, 0.1) is 6.10 Å². The standard InChI is InChI=1S/C22H30N2O3/c1-15-7-5-9-17(24(15)21(26)27-22(2,3)4)13-20(25)18-10-6-8-16-11-12-23-14-19(16)18/h6,8,10-12,14-15,17,20,25H,5,7,9,13H2,1-4H3/t15-,17-,20+/m1/s1. The number of fused-ring (bicyclic) bond motifs is 1. The van der Waals surface area contributed by atoms with Crippen LogP contribution in [0.3, 0.4) is 0 Å². The molecule has 27 heavy (non-hydrogen) atoms. The van der Waals surface area contributed by atoms with E-state index in [9.17, 15) is 9.90 Å². The number of rotatable bonds is 3. The highest BCUT2D eigenvalue weighted by molar-refractivity contribution is 5.85. The van der Waals surface area contributed by atoms with E-state index < -0.39 is 11.7 Å². The molecule has 5 heteroatoms. The van der Waals surface area contributed by atoms with Crippen molar-refractivity contribution in [1.82, 2.24) is 9.88 Å². The van der Waals surface area contributed by atoms with Gasteiger partial charge in [0.2, 0.25) is 0 Å². The number of likely N-dealkylation sites (tertiary alicyclic amines) is 1. The summed E-state index contributed by atoms with van der Waals surface area (Å²) in [6.45, 7) is 7.70. The van der Waals surface area contributed by atoms with Crippen molar-refractivity contribution in [3.05, 3.63) is 42.2 Å². The zero-order valence-corrected chi connectivity index (χ0v) is 16.7. The average molecular weight is 370 g/mol. The molecule has 3 rings (SSSR count). The van der Waals surface area contributed by atoms with Crippen LogP contribution in [0.4, 0.5) is 4.79 Å². The smallest absolute Gasteiger partial charge is 0.410 e. The van der Waals surface area contributed by atoms with Gasteiger partial charge < -0.3 is 14.7 Å². The van der Waals surface area contributed by atoms with Gasteiger partial charge in [0.15, 0.2) is 0 Å². The monoisotopic (exact) mass is 370 g/mol. The lowest BCUT2D eigenvalue weighted by Gasteiger charge is -2.42. The molecule has 5 nitrogen and oxygen atoms in total. The molecular weight excluding hydrogens is 340 g/mol. The molecule has 146 valence electrons. The zero-order chi connectivity index (χ0) is 19.6. The van der Waals surface area contributed by atoms with E-state index >= 15 is 0 Å². The second kappa shape index (κ2) is 7.85. The number of hydrogen-bond donors (Lipinski definition) is 1. The van der Waals surface area contributed by atoms with Crippen molar-refractivity contribution in [1.29, 1.82) is 0 Å². The van der Waals surface area contributed by atoms with Gasteiger partial charge in [0, 0.05) is 29.9 Å². The first-order chi connectivity index (χ1) is 12.8. The second-order valence-electron chi connectivity index (χ2n) is 8.52. The first-order valence-corrected chi connectivity index (χ1v) is 9.78. The first-order valence-electron chi connectivity index (χ1n) is 9.78. The van der Waals surface area contributed by atoms with Crippen LogP contribution < -0.4 is 0 Å². The summed E-state index contributed by atoms with van der Waals surface area (Å²) < 4.78 is 5.63. The van der Waals surface area contributed by atoms with Crippen molar-refractivity contribution in [3.8, 4) is 0 Å². The fourth-order valence-electron chi connectivity index (χ4n) is 3.97. The normalized spacial score (nSPS) is 21.9. The van der Waals surface area contributed by atoms with Gasteiger partial charge in [-0.2, -0.15) is 0 Å². The Labute approximate surface area is 161 Å². The summed E-state index contributed by atoms with van der Waals surface area (Å²) in [5, 5.41) is 13.0. The van der Waals surface area contributed by atoms with Crippen molar-refractivity contribution < 1.29 is 14.6 Å². The minimum Gasteiger partial charge on any atom is -0.444 e. The summed E-state index contributed by atoms with van der Waals surface area (Å²) >= 11 is 0. The van der Waals surface area contributed by atoms with E-state index in [1.807, 2.05) is 49.9 Å². The number of amides is 1. The number of carbonyl (C=O) groups excluding carboxylic acids is 1. The summed E-state index contributed by atoms with van der Waals surface area (Å²) in [4.78, 5) is 18.8. The van der Waals surface area contributed by atoms with Gasteiger partial charge in [0.25, 0.3) is 0 Å². The van der Waals surface area contributed by atoms with Gasteiger partial charge in [-0.3, -0.25) is 4.98 Å². The number of aliphatic hydroxyl groups excluding tert-OH is 1. The van der Waals surface area contributed by atoms with Crippen LogP contribution in [-0.4, -0.2) is 38.8 Å². The van der Waals surface area contributed by atoms with Gasteiger partial charge in [-0.15, -0.1) is 0 Å². The Morgan fingerprint density at radius 2 is 2.11 bits per heavy atom. The van der Waals surface area contributed by atoms with Gasteiger partial charge in [-0.1, -0.05) is 18.2 Å². The fraction of sp³-hybridized carbons (Fsp3) is 0.545. The second-order valence-corrected chi connectivity index (χ2v) is 8.52. The summed E-state index contributed by atoms with van der Waals surface area (Å²) in [6, 6.07) is 7.93. The molecule has 3 atom stereocenters. The number of benzene rings is 1. The molecule has 2 aromatic rings. The van der Waals surface area contributed by atoms with Crippen LogP contribution in [-0.2, 0) is 4.74 Å². The minimum absolute atomic E-state index is 0.0365. The maximum absolute atomic E-state index is 12.8. The van der Waals surface area contributed by atoms with Gasteiger partial charge in [-0.25, -0.2) is 4.79 Å². The highest BCUT2D eigenvalue weighted by Crippen LogP contribution is 2.33. The summed E-state index contributed by atoms with van der Waals surface area (Å²) in [6.07, 6.45) is 6.00. The Bertz CT molecular complexity index is 794. The van der Waals surface area contributed by atoms with E-state index in [4.69, 9.17) is 4.74 Å². The zero-order valence-electron chi connectivity index (χ0n) is 16.7. The average Bonchev–Trinajstić information content (AvgIpc) is 2.59. The highest BCUT2D eigenvalue weighted by Gasteiger charge is 2.36. The number of nitrogens with zero attached hydrogens (tertiary/aromatic N) is 2. The molecule has 1 aliphatic heterocycles. The van der Waals surface area contributed by atoms with E-state index in [1.165, 1.54) is 0 Å². The number of piperidine rings is 1. The lowest BCUT2D eigenvalue weighted by molar-refractivity contribution is -0.0111. The van der Waals surface area contributed by atoms with Crippen molar-refractivity contribution >= 4 is 16.9 Å². The third kappa shape index (κ3) is 4.59. The van der Waals surface area contributed by atoms with Crippen LogP contribution in [0.15, 0.2) is 36.7 Å². The number of pyridine rings is 1. The molecule has 0 radical (unpaired) electrons. The van der Waals surface area contributed by atoms with Crippen LogP contribution in [0.25, 0.3) is 10.8 Å². The van der Waals surface area contributed by atoms with Crippen LogP contribution in [0.2, 0.25) is 0 Å². The first kappa shape index (κ1) is 19.6. The van der Waals surface area contributed by atoms with E-state index in [0.29, 0.717) is 6.42 Å². The minimum atomic E-state index is -0.655. The van der Waals surface area contributed by atoms with Crippen molar-refractivity contribution in [2.45, 2.75) is 77.2 Å². The predicted octanol–water partition coefficient (Wildman–Crippen LogP) is 4.84. The van der Waals surface area contributed by atoms with E-state index in [0.717, 1.165) is 35.6 Å². The Morgan fingerprint density at radius 3 is 2.85 bits per heavy atom. The van der Waals surface area contributed by atoms with Crippen molar-refractivity contribution in [2.75, 3.05) is 0 Å². The van der Waals surface area contributed by atoms with Crippen molar-refractivity contribution in [3.63, 3.8) is 0 Å². The van der Waals surface area contributed by atoms with Crippen LogP contribution in [0, 0.1) is 0 Å². The van der Waals surface area contributed by atoms with Gasteiger partial charge >= 0.3 is 6.09 Å². The molecule has 1 aromatic carbocycles. The van der Waals surface area contributed by atoms with E-state index in [-0.39, 0.29) is 18.2 Å². The maximum atomic E-state index is 12.8. The Balaban J connectivity index is 1.82. The largest absolute Gasteiger partial charge is 0.444 e. The van der Waals surface area contributed by atoms with Gasteiger partial charge in [-0.05, 0) is 70.4 Å². The van der Waals surface area contributed by atoms with Crippen LogP contribution >= 0.6 is 0 Å². The number of ether oxygens (including phenoxy) is 1. The molecule has 0 unspecified atom stereocenters. The maximum Gasteiger partial charge on any atom is 0.410 e. The Kier molecular flexibility index (Phi) is 5.70. The van der Waals surface area contributed by atoms with E-state index in [1.54, 1.807) is 12.4 Å². The molecule has 0 spiro atoms. The highest BCUT2D eigenvalue weighted by atomic mass is 16.6. The summed E-state index contributed by atoms with van der Waals surface area (Å²) in [5.41, 5.74) is 0.335.